The van der Waals surface area contributed by atoms with E-state index in [1.54, 1.807) is 11.3 Å². The van der Waals surface area contributed by atoms with E-state index in [4.69, 9.17) is 4.74 Å². The number of nitrogens with zero attached hydrogens (tertiary/aromatic N) is 1. The summed E-state index contributed by atoms with van der Waals surface area (Å²) < 4.78 is 5.39. The Morgan fingerprint density at radius 3 is 2.53 bits per heavy atom. The van der Waals surface area contributed by atoms with Gasteiger partial charge in [0.15, 0.2) is 0 Å². The van der Waals surface area contributed by atoms with Gasteiger partial charge < -0.3 is 9.64 Å². The summed E-state index contributed by atoms with van der Waals surface area (Å²) in [4.78, 5) is 15.5. The van der Waals surface area contributed by atoms with Gasteiger partial charge in [0, 0.05) is 25.3 Å². The van der Waals surface area contributed by atoms with E-state index in [1.165, 1.54) is 12.8 Å². The second kappa shape index (κ2) is 4.78. The van der Waals surface area contributed by atoms with Crippen LogP contribution < -0.4 is 0 Å². The maximum Gasteiger partial charge on any atom is 0.264 e. The first-order chi connectivity index (χ1) is 8.36. The zero-order valence-corrected chi connectivity index (χ0v) is 10.6. The Morgan fingerprint density at radius 1 is 1.24 bits per heavy atom. The predicted octanol–water partition coefficient (Wildman–Crippen LogP) is 2.53. The molecule has 1 aliphatic heterocycles. The number of ether oxygens (including phenoxy) is 1. The highest BCUT2D eigenvalue weighted by Gasteiger charge is 2.38. The Kier molecular flexibility index (Phi) is 3.16. The zero-order chi connectivity index (χ0) is 11.7. The van der Waals surface area contributed by atoms with Gasteiger partial charge in [-0.1, -0.05) is 6.07 Å². The maximum atomic E-state index is 12.5. The lowest BCUT2D eigenvalue weighted by molar-refractivity contribution is 0.0270. The molecule has 1 saturated carbocycles. The van der Waals surface area contributed by atoms with Crippen LogP contribution in [0.4, 0.5) is 0 Å². The lowest BCUT2D eigenvalue weighted by Crippen LogP contribution is -2.44. The minimum absolute atomic E-state index is 0.231. The third-order valence-electron chi connectivity index (χ3n) is 3.49. The second-order valence-corrected chi connectivity index (χ2v) is 5.71. The molecule has 1 aromatic heterocycles. The van der Waals surface area contributed by atoms with Crippen molar-refractivity contribution in [3.05, 3.63) is 22.4 Å². The molecular formula is C13H17NO2S. The molecule has 0 N–H and O–H groups in total. The highest BCUT2D eigenvalue weighted by atomic mass is 32.1. The van der Waals surface area contributed by atoms with Gasteiger partial charge in [-0.3, -0.25) is 4.79 Å². The summed E-state index contributed by atoms with van der Waals surface area (Å²) in [5, 5.41) is 1.97. The smallest absolute Gasteiger partial charge is 0.264 e. The third kappa shape index (κ3) is 2.38. The van der Waals surface area contributed by atoms with E-state index < -0.39 is 0 Å². The standard InChI is InChI=1S/C13H17NO2S/c15-13(12-2-1-9-17-12)14(10-3-4-10)11-5-7-16-8-6-11/h1-2,9-11H,3-8H2. The molecule has 0 unspecified atom stereocenters. The molecule has 17 heavy (non-hydrogen) atoms. The fraction of sp³-hybridized carbons (Fsp3) is 0.615. The molecule has 2 fully saturated rings. The molecular weight excluding hydrogens is 234 g/mol. The van der Waals surface area contributed by atoms with Gasteiger partial charge in [-0.2, -0.15) is 0 Å². The van der Waals surface area contributed by atoms with Crippen molar-refractivity contribution in [2.45, 2.75) is 37.8 Å². The highest BCUT2D eigenvalue weighted by Crippen LogP contribution is 2.33. The van der Waals surface area contributed by atoms with Crippen molar-refractivity contribution in [1.82, 2.24) is 4.90 Å². The molecule has 1 amide bonds. The van der Waals surface area contributed by atoms with Gasteiger partial charge in [-0.15, -0.1) is 11.3 Å². The van der Waals surface area contributed by atoms with Crippen LogP contribution >= 0.6 is 11.3 Å². The van der Waals surface area contributed by atoms with Crippen LogP contribution in [-0.2, 0) is 4.74 Å². The summed E-state index contributed by atoms with van der Waals surface area (Å²) in [6.07, 6.45) is 4.34. The van der Waals surface area contributed by atoms with Gasteiger partial charge >= 0.3 is 0 Å². The van der Waals surface area contributed by atoms with Gasteiger partial charge in [0.1, 0.15) is 0 Å². The molecule has 0 spiro atoms. The van der Waals surface area contributed by atoms with Crippen molar-refractivity contribution in [3.8, 4) is 0 Å². The van der Waals surface area contributed by atoms with Gasteiger partial charge in [-0.25, -0.2) is 0 Å². The van der Waals surface area contributed by atoms with E-state index in [9.17, 15) is 4.79 Å². The number of carbonyl (C=O) groups excluding carboxylic acids is 1. The van der Waals surface area contributed by atoms with Crippen LogP contribution in [-0.4, -0.2) is 36.1 Å². The first-order valence-corrected chi connectivity index (χ1v) is 7.18. The average molecular weight is 251 g/mol. The Bertz CT molecular complexity index is 380. The van der Waals surface area contributed by atoms with Crippen LogP contribution in [0.25, 0.3) is 0 Å². The van der Waals surface area contributed by atoms with Crippen molar-refractivity contribution >= 4 is 17.2 Å². The van der Waals surface area contributed by atoms with Crippen LogP contribution in [0.1, 0.15) is 35.4 Å². The summed E-state index contributed by atoms with van der Waals surface area (Å²) in [7, 11) is 0. The maximum absolute atomic E-state index is 12.5. The molecule has 0 bridgehead atoms. The van der Waals surface area contributed by atoms with E-state index >= 15 is 0 Å². The van der Waals surface area contributed by atoms with Crippen molar-refractivity contribution in [2.24, 2.45) is 0 Å². The van der Waals surface area contributed by atoms with Gasteiger partial charge in [0.25, 0.3) is 5.91 Å². The fourth-order valence-electron chi connectivity index (χ4n) is 2.47. The van der Waals surface area contributed by atoms with E-state index in [0.717, 1.165) is 30.9 Å². The molecule has 2 aliphatic rings. The van der Waals surface area contributed by atoms with Crippen LogP contribution in [0.5, 0.6) is 0 Å². The van der Waals surface area contributed by atoms with Gasteiger partial charge in [0.05, 0.1) is 4.88 Å². The van der Waals surface area contributed by atoms with Gasteiger partial charge in [-0.05, 0) is 37.1 Å². The average Bonchev–Trinajstić information content (AvgIpc) is 3.04. The molecule has 1 aromatic rings. The first-order valence-electron chi connectivity index (χ1n) is 6.30. The van der Waals surface area contributed by atoms with Crippen LogP contribution in [0.3, 0.4) is 0 Å². The topological polar surface area (TPSA) is 29.5 Å². The Hall–Kier alpha value is -0.870. The number of thiophene rings is 1. The Morgan fingerprint density at radius 2 is 1.94 bits per heavy atom. The number of amides is 1. The van der Waals surface area contributed by atoms with E-state index in [2.05, 4.69) is 4.90 Å². The Balaban J connectivity index is 1.77. The van der Waals surface area contributed by atoms with Crippen molar-refractivity contribution < 1.29 is 9.53 Å². The number of hydrogen-bond acceptors (Lipinski definition) is 3. The summed E-state index contributed by atoms with van der Waals surface area (Å²) in [6, 6.07) is 4.77. The summed E-state index contributed by atoms with van der Waals surface area (Å²) >= 11 is 1.55. The molecule has 3 rings (SSSR count). The molecule has 0 aromatic carbocycles. The van der Waals surface area contributed by atoms with Crippen molar-refractivity contribution in [1.29, 1.82) is 0 Å². The second-order valence-electron chi connectivity index (χ2n) is 4.76. The molecule has 0 atom stereocenters. The fourth-order valence-corrected chi connectivity index (χ4v) is 3.14. The lowest BCUT2D eigenvalue weighted by atomic mass is 10.1. The normalized spacial score (nSPS) is 21.4. The number of rotatable bonds is 3. The number of carbonyl (C=O) groups is 1. The Labute approximate surface area is 105 Å². The molecule has 1 aliphatic carbocycles. The number of hydrogen-bond donors (Lipinski definition) is 0. The third-order valence-corrected chi connectivity index (χ3v) is 4.35. The van der Waals surface area contributed by atoms with E-state index in [1.807, 2.05) is 17.5 Å². The monoisotopic (exact) mass is 251 g/mol. The summed E-state index contributed by atoms with van der Waals surface area (Å²) in [5.74, 6) is 0.231. The van der Waals surface area contributed by atoms with Crippen LogP contribution in [0, 0.1) is 0 Å². The van der Waals surface area contributed by atoms with Gasteiger partial charge in [0.2, 0.25) is 0 Å². The zero-order valence-electron chi connectivity index (χ0n) is 9.80. The molecule has 92 valence electrons. The molecule has 1 saturated heterocycles. The van der Waals surface area contributed by atoms with Crippen LogP contribution in [0.15, 0.2) is 17.5 Å². The quantitative estimate of drug-likeness (QED) is 0.826. The van der Waals surface area contributed by atoms with E-state index in [-0.39, 0.29) is 5.91 Å². The summed E-state index contributed by atoms with van der Waals surface area (Å²) in [5.41, 5.74) is 0. The largest absolute Gasteiger partial charge is 0.381 e. The molecule has 0 radical (unpaired) electrons. The predicted molar refractivity (Wildman–Crippen MR) is 67.4 cm³/mol. The SMILES string of the molecule is O=C(c1cccs1)N(C1CCOCC1)C1CC1. The molecule has 4 heteroatoms. The van der Waals surface area contributed by atoms with Crippen molar-refractivity contribution in [2.75, 3.05) is 13.2 Å². The summed E-state index contributed by atoms with van der Waals surface area (Å²) in [6.45, 7) is 1.59. The molecule has 2 heterocycles. The minimum atomic E-state index is 0.231. The van der Waals surface area contributed by atoms with E-state index in [0.29, 0.717) is 12.1 Å². The molecule has 3 nitrogen and oxygen atoms in total. The lowest BCUT2D eigenvalue weighted by Gasteiger charge is -2.34. The van der Waals surface area contributed by atoms with Crippen molar-refractivity contribution in [3.63, 3.8) is 0 Å². The first kappa shape index (κ1) is 11.2. The van der Waals surface area contributed by atoms with Crippen LogP contribution in [0.2, 0.25) is 0 Å². The minimum Gasteiger partial charge on any atom is -0.381 e. The highest BCUT2D eigenvalue weighted by molar-refractivity contribution is 7.12.